The maximum absolute atomic E-state index is 12.5. The van der Waals surface area contributed by atoms with E-state index in [2.05, 4.69) is 40.3 Å². The van der Waals surface area contributed by atoms with Crippen molar-refractivity contribution in [3.05, 3.63) is 28.8 Å². The Kier molecular flexibility index (Phi) is 4.15. The van der Waals surface area contributed by atoms with Crippen LogP contribution in [0.2, 0.25) is 0 Å². The predicted octanol–water partition coefficient (Wildman–Crippen LogP) is 2.04. The number of morpholine rings is 1. The molecule has 2 fully saturated rings. The summed E-state index contributed by atoms with van der Waals surface area (Å²) in [5.41, 5.74) is 1.34. The molecule has 0 saturated carbocycles. The largest absolute Gasteiger partial charge is 0.376 e. The zero-order valence-electron chi connectivity index (χ0n) is 13.9. The lowest BCUT2D eigenvalue weighted by atomic mass is 10.1. The van der Waals surface area contributed by atoms with Crippen LogP contribution in [0, 0.1) is 6.92 Å². The average Bonchev–Trinajstić information content (AvgIpc) is 3.24. The van der Waals surface area contributed by atoms with Crippen LogP contribution in [-0.4, -0.2) is 58.9 Å². The number of hydrogen-bond acceptors (Lipinski definition) is 5. The highest BCUT2D eigenvalue weighted by molar-refractivity contribution is 7.15. The molecular formula is C17H22N4O2S. The molecule has 4 rings (SSSR count). The molecule has 2 aromatic rings. The van der Waals surface area contributed by atoms with Crippen molar-refractivity contribution >= 4 is 17.2 Å². The monoisotopic (exact) mass is 346 g/mol. The van der Waals surface area contributed by atoms with Crippen LogP contribution in [0.5, 0.6) is 0 Å². The number of aryl methyl sites for hydroxylation is 1. The van der Waals surface area contributed by atoms with Gasteiger partial charge in [-0.1, -0.05) is 0 Å². The smallest absolute Gasteiger partial charge is 0.272 e. The topological polar surface area (TPSA) is 70.2 Å². The van der Waals surface area contributed by atoms with E-state index in [-0.39, 0.29) is 18.1 Å². The number of nitrogens with zero attached hydrogens (tertiary/aromatic N) is 2. The van der Waals surface area contributed by atoms with E-state index in [1.54, 1.807) is 11.3 Å². The number of nitrogens with one attached hydrogen (secondary N) is 2. The lowest BCUT2D eigenvalue weighted by Gasteiger charge is -2.33. The summed E-state index contributed by atoms with van der Waals surface area (Å²) in [5.74, 6) is -0.107. The molecule has 2 aliphatic heterocycles. The average molecular weight is 346 g/mol. The van der Waals surface area contributed by atoms with Gasteiger partial charge < -0.3 is 10.1 Å². The van der Waals surface area contributed by atoms with Crippen LogP contribution in [0.15, 0.2) is 18.2 Å². The molecule has 3 atom stereocenters. The Hall–Kier alpha value is -1.70. The molecule has 0 aromatic carbocycles. The van der Waals surface area contributed by atoms with Crippen LogP contribution < -0.4 is 5.32 Å². The second kappa shape index (κ2) is 6.31. The molecule has 0 spiro atoms. The van der Waals surface area contributed by atoms with Crippen LogP contribution in [0.3, 0.4) is 0 Å². The molecule has 0 unspecified atom stereocenters. The second-order valence-electron chi connectivity index (χ2n) is 6.73. The van der Waals surface area contributed by atoms with Gasteiger partial charge in [0.05, 0.1) is 23.3 Å². The van der Waals surface area contributed by atoms with E-state index < -0.39 is 0 Å². The Morgan fingerprint density at radius 1 is 1.46 bits per heavy atom. The van der Waals surface area contributed by atoms with Gasteiger partial charge in [-0.3, -0.25) is 14.8 Å². The SMILES string of the molecule is Cc1ccc(-c2cc(C(=O)N[C@H]3C[C@H]4CO[C@@H](C)CN4C3)n[nH]2)s1. The fourth-order valence-electron chi connectivity index (χ4n) is 3.55. The minimum Gasteiger partial charge on any atom is -0.376 e. The molecular weight excluding hydrogens is 324 g/mol. The molecule has 2 saturated heterocycles. The third kappa shape index (κ3) is 3.11. The van der Waals surface area contributed by atoms with Gasteiger partial charge >= 0.3 is 0 Å². The summed E-state index contributed by atoms with van der Waals surface area (Å²) in [4.78, 5) is 17.2. The van der Waals surface area contributed by atoms with E-state index in [4.69, 9.17) is 4.74 Å². The van der Waals surface area contributed by atoms with Gasteiger partial charge in [0.1, 0.15) is 0 Å². The number of aromatic nitrogens is 2. The third-order valence-corrected chi connectivity index (χ3v) is 5.78. The highest BCUT2D eigenvalue weighted by Crippen LogP contribution is 2.27. The third-order valence-electron chi connectivity index (χ3n) is 4.74. The van der Waals surface area contributed by atoms with Crippen molar-refractivity contribution in [3.8, 4) is 10.6 Å². The van der Waals surface area contributed by atoms with Crippen LogP contribution in [0.1, 0.15) is 28.7 Å². The van der Waals surface area contributed by atoms with Crippen molar-refractivity contribution < 1.29 is 9.53 Å². The van der Waals surface area contributed by atoms with Gasteiger partial charge in [0.25, 0.3) is 5.91 Å². The Morgan fingerprint density at radius 3 is 3.12 bits per heavy atom. The summed E-state index contributed by atoms with van der Waals surface area (Å²) in [7, 11) is 0. The van der Waals surface area contributed by atoms with Crippen molar-refractivity contribution in [2.75, 3.05) is 19.7 Å². The minimum absolute atomic E-state index is 0.107. The number of rotatable bonds is 3. The molecule has 7 heteroatoms. The first kappa shape index (κ1) is 15.8. The lowest BCUT2D eigenvalue weighted by Crippen LogP contribution is -2.45. The van der Waals surface area contributed by atoms with Crippen molar-refractivity contribution in [2.24, 2.45) is 0 Å². The number of fused-ring (bicyclic) bond motifs is 1. The molecule has 2 N–H and O–H groups in total. The lowest BCUT2D eigenvalue weighted by molar-refractivity contribution is -0.0390. The number of aromatic amines is 1. The van der Waals surface area contributed by atoms with Crippen molar-refractivity contribution in [3.63, 3.8) is 0 Å². The number of carbonyl (C=O) groups is 1. The Labute approximate surface area is 145 Å². The molecule has 128 valence electrons. The fourth-order valence-corrected chi connectivity index (χ4v) is 4.38. The first-order valence-electron chi connectivity index (χ1n) is 8.37. The number of thiophene rings is 1. The summed E-state index contributed by atoms with van der Waals surface area (Å²) >= 11 is 1.69. The van der Waals surface area contributed by atoms with Gasteiger partial charge in [-0.05, 0) is 38.5 Å². The maximum atomic E-state index is 12.5. The molecule has 2 aromatic heterocycles. The Bertz CT molecular complexity index is 741. The summed E-state index contributed by atoms with van der Waals surface area (Å²) in [5, 5.41) is 10.3. The second-order valence-corrected chi connectivity index (χ2v) is 8.02. The van der Waals surface area contributed by atoms with Gasteiger partial charge in [-0.25, -0.2) is 0 Å². The number of ether oxygens (including phenoxy) is 1. The summed E-state index contributed by atoms with van der Waals surface area (Å²) in [6.45, 7) is 6.77. The quantitative estimate of drug-likeness (QED) is 0.892. The standard InChI is InChI=1S/C17H22N4O2S/c1-10-7-21-8-12(5-13(21)9-23-10)18-17(22)15-6-14(19-20-15)16-4-3-11(2)24-16/h3-4,6,10,12-13H,5,7-9H2,1-2H3,(H,18,22)(H,19,20)/t10-,12-,13-/m0/s1. The van der Waals surface area contributed by atoms with Gasteiger partial charge in [-0.2, -0.15) is 5.10 Å². The highest BCUT2D eigenvalue weighted by atomic mass is 32.1. The van der Waals surface area contributed by atoms with E-state index in [9.17, 15) is 4.79 Å². The Morgan fingerprint density at radius 2 is 2.33 bits per heavy atom. The van der Waals surface area contributed by atoms with Crippen LogP contribution >= 0.6 is 11.3 Å². The van der Waals surface area contributed by atoms with E-state index >= 15 is 0 Å². The van der Waals surface area contributed by atoms with Crippen molar-refractivity contribution in [1.29, 1.82) is 0 Å². The number of H-pyrrole nitrogens is 1. The van der Waals surface area contributed by atoms with E-state index in [1.807, 2.05) is 12.1 Å². The summed E-state index contributed by atoms with van der Waals surface area (Å²) < 4.78 is 5.71. The van der Waals surface area contributed by atoms with E-state index in [0.29, 0.717) is 11.7 Å². The first-order valence-corrected chi connectivity index (χ1v) is 9.19. The Balaban J connectivity index is 1.39. The summed E-state index contributed by atoms with van der Waals surface area (Å²) in [6, 6.07) is 6.54. The van der Waals surface area contributed by atoms with Crippen LogP contribution in [0.4, 0.5) is 0 Å². The maximum Gasteiger partial charge on any atom is 0.272 e. The minimum atomic E-state index is -0.107. The molecule has 4 heterocycles. The molecule has 0 aliphatic carbocycles. The molecule has 24 heavy (non-hydrogen) atoms. The molecule has 2 aliphatic rings. The number of carbonyl (C=O) groups excluding carboxylic acids is 1. The number of amides is 1. The summed E-state index contributed by atoms with van der Waals surface area (Å²) in [6.07, 6.45) is 1.22. The molecule has 6 nitrogen and oxygen atoms in total. The van der Waals surface area contributed by atoms with Crippen molar-refractivity contribution in [2.45, 2.75) is 38.5 Å². The van der Waals surface area contributed by atoms with E-state index in [1.165, 1.54) is 4.88 Å². The highest BCUT2D eigenvalue weighted by Gasteiger charge is 2.37. The normalized spacial score (nSPS) is 27.2. The van der Waals surface area contributed by atoms with Gasteiger partial charge in [-0.15, -0.1) is 11.3 Å². The van der Waals surface area contributed by atoms with Gasteiger partial charge in [0.2, 0.25) is 0 Å². The van der Waals surface area contributed by atoms with Gasteiger partial charge in [0, 0.05) is 30.1 Å². The first-order chi connectivity index (χ1) is 11.6. The zero-order chi connectivity index (χ0) is 16.7. The molecule has 0 bridgehead atoms. The molecule has 0 radical (unpaired) electrons. The van der Waals surface area contributed by atoms with Crippen LogP contribution in [-0.2, 0) is 4.74 Å². The van der Waals surface area contributed by atoms with Gasteiger partial charge in [0.15, 0.2) is 5.69 Å². The number of hydrogen-bond donors (Lipinski definition) is 2. The zero-order valence-corrected chi connectivity index (χ0v) is 14.7. The van der Waals surface area contributed by atoms with E-state index in [0.717, 1.165) is 36.7 Å². The fraction of sp³-hybridized carbons (Fsp3) is 0.529. The predicted molar refractivity (Wildman–Crippen MR) is 93.3 cm³/mol. The van der Waals surface area contributed by atoms with Crippen molar-refractivity contribution in [1.82, 2.24) is 20.4 Å². The molecule has 1 amide bonds. The van der Waals surface area contributed by atoms with Crippen LogP contribution in [0.25, 0.3) is 10.6 Å².